The van der Waals surface area contributed by atoms with Crippen LogP contribution in [0.25, 0.3) is 28.1 Å². The van der Waals surface area contributed by atoms with Gasteiger partial charge in [0, 0.05) is 35.4 Å². The quantitative estimate of drug-likeness (QED) is 0.380. The molecule has 1 amide bonds. The number of hydrogen-bond donors (Lipinski definition) is 1. The number of nitrogens with one attached hydrogen (secondary N) is 1. The number of rotatable bonds is 4. The Hall–Kier alpha value is -4.20. The molecule has 0 saturated carbocycles. The number of aryl methyl sites for hydroxylation is 2. The van der Waals surface area contributed by atoms with Crippen LogP contribution in [-0.2, 0) is 13.2 Å². The van der Waals surface area contributed by atoms with Crippen LogP contribution in [0.15, 0.2) is 71.7 Å². The third kappa shape index (κ3) is 4.87. The molecule has 1 N–H and O–H groups in total. The number of carbonyl (C=O) groups is 1. The first-order valence-corrected chi connectivity index (χ1v) is 10.8. The largest absolute Gasteiger partial charge is 0.416 e. The lowest BCUT2D eigenvalue weighted by Gasteiger charge is -2.14. The first-order chi connectivity index (χ1) is 16.6. The van der Waals surface area contributed by atoms with E-state index in [9.17, 15) is 22.8 Å². The summed E-state index contributed by atoms with van der Waals surface area (Å²) in [6, 6.07) is 12.8. The average Bonchev–Trinajstić information content (AvgIpc) is 2.83. The van der Waals surface area contributed by atoms with Crippen molar-refractivity contribution in [3.05, 3.63) is 99.6 Å². The molecule has 0 bridgehead atoms. The van der Waals surface area contributed by atoms with Gasteiger partial charge in [-0.3, -0.25) is 14.6 Å². The van der Waals surface area contributed by atoms with Crippen LogP contribution in [0.4, 0.5) is 18.9 Å². The summed E-state index contributed by atoms with van der Waals surface area (Å²) < 4.78 is 40.6. The van der Waals surface area contributed by atoms with Crippen molar-refractivity contribution in [3.8, 4) is 11.1 Å². The zero-order chi connectivity index (χ0) is 25.3. The van der Waals surface area contributed by atoms with Gasteiger partial charge < -0.3 is 9.88 Å². The molecule has 4 rings (SSSR count). The molecular weight excluding hydrogens is 455 g/mol. The average molecular weight is 477 g/mol. The van der Waals surface area contributed by atoms with Gasteiger partial charge in [0.2, 0.25) is 0 Å². The van der Waals surface area contributed by atoms with Gasteiger partial charge in [-0.25, -0.2) is 0 Å². The van der Waals surface area contributed by atoms with E-state index in [2.05, 4.69) is 10.3 Å². The molecule has 2 aromatic carbocycles. The predicted octanol–water partition coefficient (Wildman–Crippen LogP) is 6.21. The summed E-state index contributed by atoms with van der Waals surface area (Å²) in [4.78, 5) is 30.3. The molecule has 2 aromatic heterocycles. The van der Waals surface area contributed by atoms with Crippen LogP contribution < -0.4 is 10.9 Å². The molecule has 0 aliphatic carbocycles. The van der Waals surface area contributed by atoms with Crippen molar-refractivity contribution in [1.82, 2.24) is 9.55 Å². The molecule has 8 heteroatoms. The topological polar surface area (TPSA) is 64.0 Å². The van der Waals surface area contributed by atoms with Gasteiger partial charge in [0.15, 0.2) is 0 Å². The van der Waals surface area contributed by atoms with E-state index in [1.165, 1.54) is 12.1 Å². The lowest BCUT2D eigenvalue weighted by molar-refractivity contribution is -0.137. The fraction of sp³-hybridized carbons (Fsp3) is 0.148. The molecule has 0 radical (unpaired) electrons. The number of halogens is 3. The monoisotopic (exact) mass is 477 g/mol. The Balaban J connectivity index is 1.72. The summed E-state index contributed by atoms with van der Waals surface area (Å²) >= 11 is 0. The van der Waals surface area contributed by atoms with Crippen LogP contribution >= 0.6 is 0 Å². The number of aromatic nitrogens is 2. The zero-order valence-electron chi connectivity index (χ0n) is 19.3. The molecule has 0 unspecified atom stereocenters. The minimum absolute atomic E-state index is 0.119. The van der Waals surface area contributed by atoms with E-state index < -0.39 is 17.6 Å². The Bertz CT molecular complexity index is 1540. The number of benzene rings is 2. The Morgan fingerprint density at radius 3 is 2.54 bits per heavy atom. The van der Waals surface area contributed by atoms with Crippen molar-refractivity contribution in [2.75, 3.05) is 5.32 Å². The molecule has 5 nitrogen and oxygen atoms in total. The van der Waals surface area contributed by atoms with E-state index in [0.717, 1.165) is 34.3 Å². The maximum Gasteiger partial charge on any atom is 0.416 e. The number of amides is 1. The minimum Gasteiger partial charge on any atom is -0.322 e. The predicted molar refractivity (Wildman–Crippen MR) is 131 cm³/mol. The number of allylic oxidation sites excluding steroid dienone is 1. The van der Waals surface area contributed by atoms with Gasteiger partial charge in [0.1, 0.15) is 0 Å². The summed E-state index contributed by atoms with van der Waals surface area (Å²) in [7, 11) is 1.68. The number of nitrogens with zero attached hydrogens (tertiary/aromatic N) is 2. The zero-order valence-corrected chi connectivity index (χ0v) is 19.3. The Morgan fingerprint density at radius 2 is 1.83 bits per heavy atom. The summed E-state index contributed by atoms with van der Waals surface area (Å²) in [5.41, 5.74) is 2.41. The SMILES string of the molecule is C/C=C/c1cc2c(cn1)cc(-c1cc(NC(=O)c3cccc(C(F)(F)F)c3)ccc1C)c(=O)n2C. The van der Waals surface area contributed by atoms with Gasteiger partial charge in [-0.2, -0.15) is 13.2 Å². The molecule has 4 aromatic rings. The van der Waals surface area contributed by atoms with Gasteiger partial charge in [0.25, 0.3) is 11.5 Å². The molecule has 178 valence electrons. The van der Waals surface area contributed by atoms with E-state index >= 15 is 0 Å². The molecule has 0 saturated heterocycles. The fourth-order valence-electron chi connectivity index (χ4n) is 3.86. The van der Waals surface area contributed by atoms with Crippen molar-refractivity contribution in [1.29, 1.82) is 0 Å². The van der Waals surface area contributed by atoms with Gasteiger partial charge >= 0.3 is 6.18 Å². The van der Waals surface area contributed by atoms with E-state index in [1.807, 2.05) is 32.1 Å². The summed E-state index contributed by atoms with van der Waals surface area (Å²) in [5, 5.41) is 3.40. The van der Waals surface area contributed by atoms with Crippen molar-refractivity contribution < 1.29 is 18.0 Å². The summed E-state index contributed by atoms with van der Waals surface area (Å²) in [5.74, 6) is -0.682. The highest BCUT2D eigenvalue weighted by atomic mass is 19.4. The summed E-state index contributed by atoms with van der Waals surface area (Å²) in [6.45, 7) is 3.72. The van der Waals surface area contributed by atoms with Crippen molar-refractivity contribution in [3.63, 3.8) is 0 Å². The highest BCUT2D eigenvalue weighted by Crippen LogP contribution is 2.30. The molecule has 35 heavy (non-hydrogen) atoms. The Labute approximate surface area is 199 Å². The Morgan fingerprint density at radius 1 is 1.06 bits per heavy atom. The second-order valence-electron chi connectivity index (χ2n) is 8.15. The third-order valence-electron chi connectivity index (χ3n) is 5.70. The van der Waals surface area contributed by atoms with E-state index in [-0.39, 0.29) is 11.1 Å². The van der Waals surface area contributed by atoms with E-state index in [4.69, 9.17) is 0 Å². The van der Waals surface area contributed by atoms with Crippen molar-refractivity contribution in [2.24, 2.45) is 7.05 Å². The molecule has 2 heterocycles. The first kappa shape index (κ1) is 23.9. The lowest BCUT2D eigenvalue weighted by atomic mass is 9.99. The van der Waals surface area contributed by atoms with Crippen LogP contribution in [0.5, 0.6) is 0 Å². The number of hydrogen-bond acceptors (Lipinski definition) is 3. The first-order valence-electron chi connectivity index (χ1n) is 10.8. The molecule has 0 spiro atoms. The van der Waals surface area contributed by atoms with Crippen molar-refractivity contribution in [2.45, 2.75) is 20.0 Å². The van der Waals surface area contributed by atoms with Crippen molar-refractivity contribution >= 4 is 28.6 Å². The summed E-state index contributed by atoms with van der Waals surface area (Å²) in [6.07, 6.45) is 0.857. The number of alkyl halides is 3. The van der Waals surface area contributed by atoms with Crippen LogP contribution in [0.1, 0.15) is 34.1 Å². The van der Waals surface area contributed by atoms with Gasteiger partial charge in [0.05, 0.1) is 16.8 Å². The maximum absolute atomic E-state index is 13.2. The standard InChI is InChI=1S/C27H22F3N3O2/c1-4-6-20-14-24-18(15-31-20)12-23(26(35)33(24)3)22-13-21(10-9-16(22)2)32-25(34)17-7-5-8-19(11-17)27(28,29)30/h4-15H,1-3H3,(H,32,34)/b6-4+. The maximum atomic E-state index is 13.2. The lowest BCUT2D eigenvalue weighted by Crippen LogP contribution is -2.19. The van der Waals surface area contributed by atoms with Gasteiger partial charge in [-0.1, -0.05) is 18.2 Å². The van der Waals surface area contributed by atoms with Crippen LogP contribution in [0.2, 0.25) is 0 Å². The van der Waals surface area contributed by atoms with E-state index in [1.54, 1.807) is 42.1 Å². The number of carbonyl (C=O) groups excluding carboxylic acids is 1. The van der Waals surface area contributed by atoms with Crippen LogP contribution in [-0.4, -0.2) is 15.5 Å². The molecular formula is C27H22F3N3O2. The second-order valence-corrected chi connectivity index (χ2v) is 8.15. The van der Waals surface area contributed by atoms with E-state index in [0.29, 0.717) is 16.8 Å². The van der Waals surface area contributed by atoms with Gasteiger partial charge in [-0.15, -0.1) is 0 Å². The smallest absolute Gasteiger partial charge is 0.322 e. The minimum atomic E-state index is -4.55. The highest BCUT2D eigenvalue weighted by Gasteiger charge is 2.30. The third-order valence-corrected chi connectivity index (χ3v) is 5.70. The Kier molecular flexibility index (Phi) is 6.30. The molecule has 0 atom stereocenters. The highest BCUT2D eigenvalue weighted by molar-refractivity contribution is 6.04. The fourth-order valence-corrected chi connectivity index (χ4v) is 3.86. The molecule has 0 aliphatic heterocycles. The van der Waals surface area contributed by atoms with Crippen LogP contribution in [0, 0.1) is 6.92 Å². The molecule has 0 aliphatic rings. The van der Waals surface area contributed by atoms with Gasteiger partial charge in [-0.05, 0) is 73.5 Å². The van der Waals surface area contributed by atoms with Crippen LogP contribution in [0.3, 0.4) is 0 Å². The number of pyridine rings is 2. The second kappa shape index (κ2) is 9.21. The number of fused-ring (bicyclic) bond motifs is 1. The number of anilines is 1. The molecule has 0 fully saturated rings. The normalized spacial score (nSPS) is 11.8.